The van der Waals surface area contributed by atoms with Gasteiger partial charge in [0.2, 0.25) is 5.91 Å². The van der Waals surface area contributed by atoms with E-state index in [0.29, 0.717) is 6.54 Å². The summed E-state index contributed by atoms with van der Waals surface area (Å²) in [6, 6.07) is 19.0. The van der Waals surface area contributed by atoms with Crippen molar-refractivity contribution in [3.05, 3.63) is 60.2 Å². The maximum absolute atomic E-state index is 11.2. The molecule has 0 radical (unpaired) electrons. The largest absolute Gasteiger partial charge is 0.356 e. The van der Waals surface area contributed by atoms with Crippen LogP contribution in [0.1, 0.15) is 19.4 Å². The molecule has 1 aromatic heterocycles. The number of fused-ring (bicyclic) bond motifs is 1. The first-order valence-electron chi connectivity index (χ1n) is 8.12. The smallest absolute Gasteiger partial charge is 0.216 e. The first-order valence-corrected chi connectivity index (χ1v) is 8.12. The zero-order valence-electron chi connectivity index (χ0n) is 13.7. The van der Waals surface area contributed by atoms with Crippen molar-refractivity contribution < 1.29 is 4.79 Å². The number of hydrogen-bond acceptors (Lipinski definition) is 1. The van der Waals surface area contributed by atoms with Crippen LogP contribution >= 0.6 is 0 Å². The Morgan fingerprint density at radius 1 is 1.04 bits per heavy atom. The second-order valence-corrected chi connectivity index (χ2v) is 5.69. The van der Waals surface area contributed by atoms with Gasteiger partial charge >= 0.3 is 0 Å². The summed E-state index contributed by atoms with van der Waals surface area (Å²) in [6.07, 6.45) is 0.831. The zero-order chi connectivity index (χ0) is 16.2. The molecule has 3 aromatic rings. The Bertz CT molecular complexity index is 818. The van der Waals surface area contributed by atoms with Gasteiger partial charge in [0, 0.05) is 30.9 Å². The van der Waals surface area contributed by atoms with Crippen LogP contribution in [0.2, 0.25) is 0 Å². The molecule has 0 fully saturated rings. The molecular weight excluding hydrogens is 284 g/mol. The number of para-hydroxylation sites is 1. The quantitative estimate of drug-likeness (QED) is 0.759. The third-order valence-corrected chi connectivity index (χ3v) is 4.19. The number of carbonyl (C=O) groups is 1. The van der Waals surface area contributed by atoms with Crippen LogP contribution in [0, 0.1) is 0 Å². The first-order chi connectivity index (χ1) is 11.2. The van der Waals surface area contributed by atoms with Crippen molar-refractivity contribution in [3.8, 4) is 11.3 Å². The van der Waals surface area contributed by atoms with Gasteiger partial charge in [-0.25, -0.2) is 0 Å². The second kappa shape index (κ2) is 6.69. The van der Waals surface area contributed by atoms with Gasteiger partial charge in [-0.1, -0.05) is 48.5 Å². The Labute approximate surface area is 136 Å². The third-order valence-electron chi connectivity index (χ3n) is 4.19. The lowest BCUT2D eigenvalue weighted by Gasteiger charge is -2.11. The number of nitrogens with one attached hydrogen (secondary N) is 1. The molecule has 1 amide bonds. The van der Waals surface area contributed by atoms with E-state index in [1.54, 1.807) is 6.92 Å². The summed E-state index contributed by atoms with van der Waals surface area (Å²) >= 11 is 0. The minimum Gasteiger partial charge on any atom is -0.356 e. The van der Waals surface area contributed by atoms with Gasteiger partial charge in [0.1, 0.15) is 0 Å². The van der Waals surface area contributed by atoms with E-state index in [0.717, 1.165) is 13.0 Å². The van der Waals surface area contributed by atoms with E-state index in [4.69, 9.17) is 0 Å². The average Bonchev–Trinajstić information content (AvgIpc) is 2.89. The van der Waals surface area contributed by atoms with Crippen molar-refractivity contribution >= 4 is 16.8 Å². The molecule has 0 saturated carbocycles. The summed E-state index contributed by atoms with van der Waals surface area (Å²) in [7, 11) is 0. The number of nitrogens with zero attached hydrogens (tertiary/aromatic N) is 1. The van der Waals surface area contributed by atoms with Crippen LogP contribution in [0.3, 0.4) is 0 Å². The topological polar surface area (TPSA) is 34.0 Å². The van der Waals surface area contributed by atoms with Crippen LogP contribution in [0.5, 0.6) is 0 Å². The van der Waals surface area contributed by atoms with Crippen LogP contribution < -0.4 is 5.32 Å². The number of rotatable bonds is 5. The highest BCUT2D eigenvalue weighted by atomic mass is 16.1. The standard InChI is InChI=1S/C20H22N2O/c1-3-22-19-12-8-7-11-17(19)18(13-14-21-15(2)23)20(22)16-9-5-4-6-10-16/h4-12H,3,13-14H2,1-2H3,(H,21,23). The molecule has 0 unspecified atom stereocenters. The number of carbonyl (C=O) groups excluding carboxylic acids is 1. The highest BCUT2D eigenvalue weighted by Crippen LogP contribution is 2.34. The molecule has 0 aliphatic heterocycles. The molecular formula is C20H22N2O. The summed E-state index contributed by atoms with van der Waals surface area (Å²) < 4.78 is 2.37. The lowest BCUT2D eigenvalue weighted by Crippen LogP contribution is -2.22. The highest BCUT2D eigenvalue weighted by Gasteiger charge is 2.17. The predicted molar refractivity (Wildman–Crippen MR) is 95.4 cm³/mol. The van der Waals surface area contributed by atoms with E-state index in [1.807, 2.05) is 6.07 Å². The summed E-state index contributed by atoms with van der Waals surface area (Å²) in [5.74, 6) is 0.0190. The highest BCUT2D eigenvalue weighted by molar-refractivity contribution is 5.92. The van der Waals surface area contributed by atoms with E-state index >= 15 is 0 Å². The molecule has 0 bridgehead atoms. The van der Waals surface area contributed by atoms with E-state index in [2.05, 4.69) is 65.3 Å². The number of aromatic nitrogens is 1. The summed E-state index contributed by atoms with van der Waals surface area (Å²) in [5.41, 5.74) is 5.05. The number of benzene rings is 2. The van der Waals surface area contributed by atoms with Crippen molar-refractivity contribution in [1.29, 1.82) is 0 Å². The fourth-order valence-electron chi connectivity index (χ4n) is 3.25. The Morgan fingerprint density at radius 2 is 1.74 bits per heavy atom. The lowest BCUT2D eigenvalue weighted by atomic mass is 10.0. The molecule has 0 atom stereocenters. The molecule has 0 saturated heterocycles. The second-order valence-electron chi connectivity index (χ2n) is 5.69. The molecule has 0 aliphatic carbocycles. The van der Waals surface area contributed by atoms with Crippen molar-refractivity contribution in [2.24, 2.45) is 0 Å². The molecule has 0 aliphatic rings. The molecule has 118 valence electrons. The summed E-state index contributed by atoms with van der Waals surface area (Å²) in [4.78, 5) is 11.2. The molecule has 23 heavy (non-hydrogen) atoms. The lowest BCUT2D eigenvalue weighted by molar-refractivity contribution is -0.118. The SMILES string of the molecule is CCn1c(-c2ccccc2)c(CCNC(C)=O)c2ccccc21. The van der Waals surface area contributed by atoms with Crippen LogP contribution in [0.25, 0.3) is 22.2 Å². The molecule has 3 nitrogen and oxygen atoms in total. The normalized spacial score (nSPS) is 10.9. The van der Waals surface area contributed by atoms with Gasteiger partial charge in [-0.3, -0.25) is 4.79 Å². The van der Waals surface area contributed by atoms with Gasteiger partial charge < -0.3 is 9.88 Å². The van der Waals surface area contributed by atoms with Gasteiger partial charge in [0.05, 0.1) is 5.69 Å². The maximum Gasteiger partial charge on any atom is 0.216 e. The monoisotopic (exact) mass is 306 g/mol. The molecule has 3 rings (SSSR count). The number of aryl methyl sites for hydroxylation is 1. The van der Waals surface area contributed by atoms with Crippen molar-refractivity contribution in [3.63, 3.8) is 0 Å². The van der Waals surface area contributed by atoms with Crippen LogP contribution in [-0.2, 0) is 17.8 Å². The fourth-order valence-corrected chi connectivity index (χ4v) is 3.25. The van der Waals surface area contributed by atoms with Crippen LogP contribution in [0.15, 0.2) is 54.6 Å². The van der Waals surface area contributed by atoms with Crippen molar-refractivity contribution in [2.75, 3.05) is 6.54 Å². The number of amides is 1. The Morgan fingerprint density at radius 3 is 2.43 bits per heavy atom. The van der Waals surface area contributed by atoms with E-state index < -0.39 is 0 Å². The minimum absolute atomic E-state index is 0.0190. The molecule has 3 heteroatoms. The molecule has 2 aromatic carbocycles. The first kappa shape index (κ1) is 15.3. The molecule has 1 N–H and O–H groups in total. The zero-order valence-corrected chi connectivity index (χ0v) is 13.7. The Balaban J connectivity index is 2.16. The maximum atomic E-state index is 11.2. The minimum atomic E-state index is 0.0190. The molecule has 0 spiro atoms. The van der Waals surface area contributed by atoms with Gasteiger partial charge in [-0.15, -0.1) is 0 Å². The number of hydrogen-bond donors (Lipinski definition) is 1. The van der Waals surface area contributed by atoms with Gasteiger partial charge in [-0.05, 0) is 30.5 Å². The predicted octanol–water partition coefficient (Wildman–Crippen LogP) is 4.01. The van der Waals surface area contributed by atoms with Crippen molar-refractivity contribution in [2.45, 2.75) is 26.8 Å². The molecule has 1 heterocycles. The third kappa shape index (κ3) is 3.00. The summed E-state index contributed by atoms with van der Waals surface area (Å²) in [5, 5.41) is 4.19. The Hall–Kier alpha value is -2.55. The van der Waals surface area contributed by atoms with Gasteiger partial charge in [0.15, 0.2) is 0 Å². The van der Waals surface area contributed by atoms with Crippen molar-refractivity contribution in [1.82, 2.24) is 9.88 Å². The van der Waals surface area contributed by atoms with E-state index in [-0.39, 0.29) is 5.91 Å². The van der Waals surface area contributed by atoms with E-state index in [9.17, 15) is 4.79 Å². The Kier molecular flexibility index (Phi) is 4.47. The van der Waals surface area contributed by atoms with Crippen LogP contribution in [-0.4, -0.2) is 17.0 Å². The van der Waals surface area contributed by atoms with Crippen LogP contribution in [0.4, 0.5) is 0 Å². The van der Waals surface area contributed by atoms with Gasteiger partial charge in [-0.2, -0.15) is 0 Å². The average molecular weight is 306 g/mol. The summed E-state index contributed by atoms with van der Waals surface area (Å²) in [6.45, 7) is 5.32. The fraction of sp³-hybridized carbons (Fsp3) is 0.250. The van der Waals surface area contributed by atoms with E-state index in [1.165, 1.54) is 27.7 Å². The van der Waals surface area contributed by atoms with Gasteiger partial charge in [0.25, 0.3) is 0 Å².